The van der Waals surface area contributed by atoms with Gasteiger partial charge in [0.15, 0.2) is 5.72 Å². The molecule has 4 bridgehead atoms. The van der Waals surface area contributed by atoms with Crippen LogP contribution in [0.3, 0.4) is 0 Å². The Morgan fingerprint density at radius 1 is 1.65 bits per heavy atom. The van der Waals surface area contributed by atoms with Crippen LogP contribution < -0.4 is 0 Å². The molecule has 108 valence electrons. The minimum atomic E-state index is -1.57. The third-order valence-corrected chi connectivity index (χ3v) is 4.41. The van der Waals surface area contributed by atoms with Crippen molar-refractivity contribution in [3.05, 3.63) is 0 Å². The fourth-order valence-electron chi connectivity index (χ4n) is 3.51. The minimum Gasteiger partial charge on any atom is -0.366 e. The zero-order valence-corrected chi connectivity index (χ0v) is 11.1. The predicted molar refractivity (Wildman–Crippen MR) is 63.8 cm³/mol. The van der Waals surface area contributed by atoms with Crippen molar-refractivity contribution in [2.45, 2.75) is 37.9 Å². The SMILES string of the molecule is CC(=O)C1C(=O)N(CCC#N)C2(O)CC1C1COC2O1. The summed E-state index contributed by atoms with van der Waals surface area (Å²) in [5.41, 5.74) is -1.57. The summed E-state index contributed by atoms with van der Waals surface area (Å²) in [5, 5.41) is 19.5. The van der Waals surface area contributed by atoms with Crippen molar-refractivity contribution in [1.29, 1.82) is 5.26 Å². The number of carbonyl (C=O) groups is 2. The summed E-state index contributed by atoms with van der Waals surface area (Å²) < 4.78 is 11.0. The van der Waals surface area contributed by atoms with E-state index >= 15 is 0 Å². The van der Waals surface area contributed by atoms with E-state index in [9.17, 15) is 14.7 Å². The maximum Gasteiger partial charge on any atom is 0.235 e. The standard InChI is InChI=1S/C13H16N2O5/c1-7(16)10-8-5-13(18,12-19-6-9(8)20-12)15(11(10)17)4-2-3-14/h8-10,12,18H,2,4-6H2,1H3. The number of aliphatic hydroxyl groups is 1. The van der Waals surface area contributed by atoms with E-state index < -0.39 is 23.8 Å². The molecule has 0 aliphatic carbocycles. The Hall–Kier alpha value is -1.49. The minimum absolute atomic E-state index is 0.0657. The maximum absolute atomic E-state index is 12.5. The number of amides is 1. The summed E-state index contributed by atoms with van der Waals surface area (Å²) in [6.45, 7) is 1.72. The molecule has 1 N–H and O–H groups in total. The number of likely N-dealkylation sites (tertiary alicyclic amines) is 1. The second-order valence-electron chi connectivity index (χ2n) is 5.57. The zero-order valence-electron chi connectivity index (χ0n) is 11.1. The number of ether oxygens (including phenoxy) is 2. The molecule has 7 nitrogen and oxygen atoms in total. The molecule has 0 saturated carbocycles. The molecule has 3 aliphatic rings. The zero-order chi connectivity index (χ0) is 14.5. The highest BCUT2D eigenvalue weighted by molar-refractivity contribution is 6.01. The smallest absolute Gasteiger partial charge is 0.235 e. The van der Waals surface area contributed by atoms with Gasteiger partial charge in [-0.1, -0.05) is 0 Å². The Bertz CT molecular complexity index is 501. The van der Waals surface area contributed by atoms with Gasteiger partial charge in [-0.25, -0.2) is 0 Å². The number of hydrogen-bond donors (Lipinski definition) is 1. The van der Waals surface area contributed by atoms with E-state index in [1.165, 1.54) is 11.8 Å². The summed E-state index contributed by atoms with van der Waals surface area (Å²) in [7, 11) is 0. The highest BCUT2D eigenvalue weighted by Gasteiger charge is 2.64. The third-order valence-electron chi connectivity index (χ3n) is 4.41. The van der Waals surface area contributed by atoms with Gasteiger partial charge in [0, 0.05) is 18.9 Å². The molecular weight excluding hydrogens is 264 g/mol. The van der Waals surface area contributed by atoms with Gasteiger partial charge in [-0.2, -0.15) is 5.26 Å². The fraction of sp³-hybridized carbons (Fsp3) is 0.769. The molecule has 0 spiro atoms. The Morgan fingerprint density at radius 3 is 3.05 bits per heavy atom. The van der Waals surface area contributed by atoms with Crippen LogP contribution in [0.1, 0.15) is 19.8 Å². The van der Waals surface area contributed by atoms with Gasteiger partial charge in [-0.15, -0.1) is 0 Å². The first kappa shape index (κ1) is 13.5. The third kappa shape index (κ3) is 1.69. The number of ketones is 1. The van der Waals surface area contributed by atoms with Crippen molar-refractivity contribution in [3.63, 3.8) is 0 Å². The molecule has 7 heteroatoms. The molecule has 3 heterocycles. The molecule has 5 atom stereocenters. The first-order chi connectivity index (χ1) is 9.49. The second-order valence-corrected chi connectivity index (χ2v) is 5.57. The monoisotopic (exact) mass is 280 g/mol. The number of nitriles is 1. The molecule has 0 radical (unpaired) electrons. The van der Waals surface area contributed by atoms with Gasteiger partial charge in [0.1, 0.15) is 11.7 Å². The molecule has 3 rings (SSSR count). The van der Waals surface area contributed by atoms with Gasteiger partial charge in [0.05, 0.1) is 25.2 Å². The first-order valence-corrected chi connectivity index (χ1v) is 6.67. The van der Waals surface area contributed by atoms with Gasteiger partial charge < -0.3 is 19.5 Å². The highest BCUT2D eigenvalue weighted by atomic mass is 16.7. The number of hydrogen-bond acceptors (Lipinski definition) is 6. The van der Waals surface area contributed by atoms with E-state index in [2.05, 4.69) is 0 Å². The molecule has 3 aliphatic heterocycles. The van der Waals surface area contributed by atoms with Crippen LogP contribution in [-0.2, 0) is 19.1 Å². The van der Waals surface area contributed by atoms with Crippen molar-refractivity contribution >= 4 is 11.7 Å². The summed E-state index contributed by atoms with van der Waals surface area (Å²) >= 11 is 0. The lowest BCUT2D eigenvalue weighted by Gasteiger charge is -2.52. The molecule has 0 aromatic heterocycles. The normalized spacial score (nSPS) is 42.5. The molecule has 1 amide bonds. The lowest BCUT2D eigenvalue weighted by atomic mass is 9.73. The lowest BCUT2D eigenvalue weighted by molar-refractivity contribution is -0.294. The largest absolute Gasteiger partial charge is 0.366 e. The van der Waals surface area contributed by atoms with Gasteiger partial charge in [-0.05, 0) is 6.92 Å². The van der Waals surface area contributed by atoms with Crippen LogP contribution >= 0.6 is 0 Å². The van der Waals surface area contributed by atoms with E-state index in [-0.39, 0.29) is 43.8 Å². The number of fused-ring (bicyclic) bond motifs is 6. The number of piperidine rings is 1. The van der Waals surface area contributed by atoms with E-state index in [1.807, 2.05) is 6.07 Å². The quantitative estimate of drug-likeness (QED) is 0.693. The topological polar surface area (TPSA) is 99.9 Å². The van der Waals surface area contributed by atoms with Gasteiger partial charge in [0.25, 0.3) is 0 Å². The molecule has 5 unspecified atom stereocenters. The van der Waals surface area contributed by atoms with E-state index in [1.54, 1.807) is 0 Å². The Balaban J connectivity index is 1.99. The van der Waals surface area contributed by atoms with Crippen LogP contribution in [0.2, 0.25) is 0 Å². The first-order valence-electron chi connectivity index (χ1n) is 6.67. The molecule has 3 fully saturated rings. The van der Waals surface area contributed by atoms with E-state index in [0.717, 1.165) is 0 Å². The summed E-state index contributed by atoms with van der Waals surface area (Å²) in [5.74, 6) is -1.84. The average molecular weight is 280 g/mol. The molecule has 20 heavy (non-hydrogen) atoms. The van der Waals surface area contributed by atoms with Crippen molar-refractivity contribution in [2.75, 3.05) is 13.2 Å². The van der Waals surface area contributed by atoms with Gasteiger partial charge in [0.2, 0.25) is 12.2 Å². The maximum atomic E-state index is 12.5. The molecular formula is C13H16N2O5. The lowest BCUT2D eigenvalue weighted by Crippen LogP contribution is -2.69. The number of carbonyl (C=O) groups excluding carboxylic acids is 2. The van der Waals surface area contributed by atoms with Crippen molar-refractivity contribution in [2.24, 2.45) is 11.8 Å². The van der Waals surface area contributed by atoms with Crippen LogP contribution in [0.15, 0.2) is 0 Å². The van der Waals surface area contributed by atoms with Crippen LogP contribution in [-0.4, -0.2) is 53.0 Å². The van der Waals surface area contributed by atoms with E-state index in [0.29, 0.717) is 0 Å². The number of nitrogens with zero attached hydrogens (tertiary/aromatic N) is 2. The van der Waals surface area contributed by atoms with Gasteiger partial charge in [-0.3, -0.25) is 9.59 Å². The van der Waals surface area contributed by atoms with Crippen LogP contribution in [0.25, 0.3) is 0 Å². The average Bonchev–Trinajstić information content (AvgIpc) is 2.83. The van der Waals surface area contributed by atoms with Crippen LogP contribution in [0, 0.1) is 23.2 Å². The molecule has 0 aromatic carbocycles. The molecule has 0 aromatic rings. The van der Waals surface area contributed by atoms with E-state index in [4.69, 9.17) is 14.7 Å². The Morgan fingerprint density at radius 2 is 2.40 bits per heavy atom. The summed E-state index contributed by atoms with van der Waals surface area (Å²) in [6.07, 6.45) is -0.876. The summed E-state index contributed by atoms with van der Waals surface area (Å²) in [4.78, 5) is 25.5. The van der Waals surface area contributed by atoms with Crippen molar-refractivity contribution in [1.82, 2.24) is 4.90 Å². The number of rotatable bonds is 3. The molecule has 3 saturated heterocycles. The van der Waals surface area contributed by atoms with Crippen molar-refractivity contribution in [3.8, 4) is 6.07 Å². The predicted octanol–water partition coefficient (Wildman–Crippen LogP) is -0.603. The van der Waals surface area contributed by atoms with Crippen molar-refractivity contribution < 1.29 is 24.2 Å². The Labute approximate surface area is 116 Å². The second kappa shape index (κ2) is 4.52. The fourth-order valence-corrected chi connectivity index (χ4v) is 3.51. The highest BCUT2D eigenvalue weighted by Crippen LogP contribution is 2.48. The van der Waals surface area contributed by atoms with Crippen LogP contribution in [0.4, 0.5) is 0 Å². The summed E-state index contributed by atoms with van der Waals surface area (Å²) in [6, 6.07) is 1.94. The Kier molecular flexibility index (Phi) is 3.05. The number of Topliss-reactive ketones (excluding diaryl/α,β-unsaturated/α-hetero) is 1. The van der Waals surface area contributed by atoms with Crippen LogP contribution in [0.5, 0.6) is 0 Å². The van der Waals surface area contributed by atoms with Gasteiger partial charge >= 0.3 is 0 Å².